The molecule has 0 radical (unpaired) electrons. The molecule has 1 aromatic rings. The smallest absolute Gasteiger partial charge is 0.251 e. The summed E-state index contributed by atoms with van der Waals surface area (Å²) in [6, 6.07) is 5.84. The molecule has 1 rings (SSSR count). The maximum absolute atomic E-state index is 12.0. The van der Waals surface area contributed by atoms with Crippen LogP contribution in [0, 0.1) is 6.92 Å². The predicted octanol–water partition coefficient (Wildman–Crippen LogP) is 3.89. The zero-order valence-electron chi connectivity index (χ0n) is 10.1. The van der Waals surface area contributed by atoms with Gasteiger partial charge in [-0.25, -0.2) is 0 Å². The first kappa shape index (κ1) is 14.5. The van der Waals surface area contributed by atoms with Crippen molar-refractivity contribution in [2.24, 2.45) is 0 Å². The Balaban J connectivity index is 2.75. The molecule has 1 atom stereocenters. The molecule has 0 bridgehead atoms. The van der Waals surface area contributed by atoms with Crippen LogP contribution in [0.1, 0.15) is 35.7 Å². The monoisotopic (exact) mass is 317 g/mol. The molecule has 94 valence electrons. The number of amides is 1. The maximum Gasteiger partial charge on any atom is 0.251 e. The van der Waals surface area contributed by atoms with Gasteiger partial charge in [0.05, 0.1) is 0 Å². The normalized spacial score (nSPS) is 12.2. The summed E-state index contributed by atoms with van der Waals surface area (Å²) < 4.78 is 0.924. The lowest BCUT2D eigenvalue weighted by molar-refractivity contribution is 0.0935. The first-order valence-corrected chi connectivity index (χ1v) is 7.03. The van der Waals surface area contributed by atoms with Crippen LogP contribution >= 0.6 is 27.5 Å². The van der Waals surface area contributed by atoms with Crippen LogP contribution in [-0.4, -0.2) is 17.8 Å². The van der Waals surface area contributed by atoms with E-state index in [0.29, 0.717) is 11.4 Å². The molecule has 0 aliphatic carbocycles. The average molecular weight is 319 g/mol. The van der Waals surface area contributed by atoms with E-state index in [4.69, 9.17) is 11.6 Å². The quantitative estimate of drug-likeness (QED) is 0.820. The van der Waals surface area contributed by atoms with Gasteiger partial charge in [0, 0.05) is 22.0 Å². The van der Waals surface area contributed by atoms with Crippen molar-refractivity contribution >= 4 is 33.4 Å². The van der Waals surface area contributed by atoms with E-state index in [0.717, 1.165) is 22.9 Å². The summed E-state index contributed by atoms with van der Waals surface area (Å²) in [4.78, 5) is 12.0. The van der Waals surface area contributed by atoms with Crippen LogP contribution < -0.4 is 5.32 Å². The van der Waals surface area contributed by atoms with E-state index in [-0.39, 0.29) is 11.9 Å². The zero-order valence-corrected chi connectivity index (χ0v) is 12.4. The molecule has 1 aromatic carbocycles. The van der Waals surface area contributed by atoms with Crippen LogP contribution in [0.3, 0.4) is 0 Å². The van der Waals surface area contributed by atoms with Gasteiger partial charge in [0.15, 0.2) is 0 Å². The Kier molecular flexibility index (Phi) is 6.00. The fraction of sp³-hybridized carbons (Fsp3) is 0.462. The molecule has 0 saturated carbocycles. The maximum atomic E-state index is 12.0. The van der Waals surface area contributed by atoms with Gasteiger partial charge in [0.25, 0.3) is 5.91 Å². The minimum atomic E-state index is -0.0358. The standard InChI is InChI=1S/C13H17BrClNO/c1-3-12(4-5-15)16-13(17)10-6-9(2)7-11(14)8-10/h6-8,12H,3-5H2,1-2H3,(H,16,17). The molecule has 0 heterocycles. The molecule has 0 aromatic heterocycles. The number of carbonyl (C=O) groups is 1. The van der Waals surface area contributed by atoms with E-state index in [2.05, 4.69) is 21.2 Å². The second-order valence-corrected chi connectivity index (χ2v) is 5.37. The molecular formula is C13H17BrClNO. The Morgan fingerprint density at radius 3 is 2.71 bits per heavy atom. The second-order valence-electron chi connectivity index (χ2n) is 4.07. The van der Waals surface area contributed by atoms with Crippen LogP contribution in [0.2, 0.25) is 0 Å². The van der Waals surface area contributed by atoms with Crippen molar-refractivity contribution in [3.05, 3.63) is 33.8 Å². The predicted molar refractivity (Wildman–Crippen MR) is 75.8 cm³/mol. The number of aryl methyl sites for hydroxylation is 1. The van der Waals surface area contributed by atoms with Crippen LogP contribution in [-0.2, 0) is 0 Å². The van der Waals surface area contributed by atoms with Crippen LogP contribution in [0.25, 0.3) is 0 Å². The van der Waals surface area contributed by atoms with Crippen molar-refractivity contribution < 1.29 is 4.79 Å². The Bertz CT molecular complexity index is 375. The molecule has 2 nitrogen and oxygen atoms in total. The topological polar surface area (TPSA) is 29.1 Å². The second kappa shape index (κ2) is 7.02. The fourth-order valence-corrected chi connectivity index (χ4v) is 2.52. The first-order chi connectivity index (χ1) is 8.06. The van der Waals surface area contributed by atoms with E-state index < -0.39 is 0 Å². The molecule has 0 saturated heterocycles. The van der Waals surface area contributed by atoms with Gasteiger partial charge in [-0.1, -0.05) is 22.9 Å². The third-order valence-corrected chi connectivity index (χ3v) is 3.27. The molecular weight excluding hydrogens is 302 g/mol. The molecule has 17 heavy (non-hydrogen) atoms. The van der Waals surface area contributed by atoms with Gasteiger partial charge in [-0.15, -0.1) is 11.6 Å². The van der Waals surface area contributed by atoms with Gasteiger partial charge >= 0.3 is 0 Å². The largest absolute Gasteiger partial charge is 0.349 e. The summed E-state index contributed by atoms with van der Waals surface area (Å²) in [5.74, 6) is 0.530. The number of hydrogen-bond donors (Lipinski definition) is 1. The Hall–Kier alpha value is -0.540. The third kappa shape index (κ3) is 4.68. The fourth-order valence-electron chi connectivity index (χ4n) is 1.65. The number of alkyl halides is 1. The van der Waals surface area contributed by atoms with E-state index in [1.165, 1.54) is 0 Å². The molecule has 0 aliphatic rings. The van der Waals surface area contributed by atoms with Gasteiger partial charge in [-0.3, -0.25) is 4.79 Å². The summed E-state index contributed by atoms with van der Waals surface area (Å²) in [5.41, 5.74) is 1.75. The summed E-state index contributed by atoms with van der Waals surface area (Å²) in [5, 5.41) is 2.99. The number of hydrogen-bond acceptors (Lipinski definition) is 1. The minimum absolute atomic E-state index is 0.0358. The molecule has 1 amide bonds. The van der Waals surface area contributed by atoms with Crippen molar-refractivity contribution in [1.29, 1.82) is 0 Å². The average Bonchev–Trinajstić information content (AvgIpc) is 2.27. The first-order valence-electron chi connectivity index (χ1n) is 5.70. The van der Waals surface area contributed by atoms with Crippen molar-refractivity contribution in [3.8, 4) is 0 Å². The van der Waals surface area contributed by atoms with Gasteiger partial charge in [-0.05, 0) is 43.5 Å². The van der Waals surface area contributed by atoms with Crippen molar-refractivity contribution in [2.45, 2.75) is 32.7 Å². The van der Waals surface area contributed by atoms with Gasteiger partial charge in [-0.2, -0.15) is 0 Å². The van der Waals surface area contributed by atoms with Crippen molar-refractivity contribution in [2.75, 3.05) is 5.88 Å². The van der Waals surface area contributed by atoms with Crippen molar-refractivity contribution in [1.82, 2.24) is 5.32 Å². The number of nitrogens with one attached hydrogen (secondary N) is 1. The lowest BCUT2D eigenvalue weighted by atomic mass is 10.1. The molecule has 0 aliphatic heterocycles. The Labute approximate surface area is 116 Å². The van der Waals surface area contributed by atoms with Gasteiger partial charge < -0.3 is 5.32 Å². The summed E-state index contributed by atoms with van der Waals surface area (Å²) in [6.07, 6.45) is 1.70. The Morgan fingerprint density at radius 1 is 1.47 bits per heavy atom. The lowest BCUT2D eigenvalue weighted by Gasteiger charge is -2.15. The third-order valence-electron chi connectivity index (χ3n) is 2.59. The zero-order chi connectivity index (χ0) is 12.8. The highest BCUT2D eigenvalue weighted by Crippen LogP contribution is 2.15. The van der Waals surface area contributed by atoms with E-state index in [1.807, 2.05) is 32.0 Å². The van der Waals surface area contributed by atoms with Gasteiger partial charge in [0.2, 0.25) is 0 Å². The van der Waals surface area contributed by atoms with Crippen LogP contribution in [0.4, 0.5) is 0 Å². The highest BCUT2D eigenvalue weighted by Gasteiger charge is 2.12. The molecule has 0 fully saturated rings. The Morgan fingerprint density at radius 2 is 2.18 bits per heavy atom. The van der Waals surface area contributed by atoms with Gasteiger partial charge in [0.1, 0.15) is 0 Å². The SMILES string of the molecule is CCC(CCCl)NC(=O)c1cc(C)cc(Br)c1. The highest BCUT2D eigenvalue weighted by molar-refractivity contribution is 9.10. The number of rotatable bonds is 5. The lowest BCUT2D eigenvalue weighted by Crippen LogP contribution is -2.34. The molecule has 1 unspecified atom stereocenters. The summed E-state index contributed by atoms with van der Waals surface area (Å²) in [7, 11) is 0. The molecule has 4 heteroatoms. The van der Waals surface area contributed by atoms with Crippen LogP contribution in [0.5, 0.6) is 0 Å². The number of carbonyl (C=O) groups excluding carboxylic acids is 1. The highest BCUT2D eigenvalue weighted by atomic mass is 79.9. The summed E-state index contributed by atoms with van der Waals surface area (Å²) in [6.45, 7) is 4.02. The minimum Gasteiger partial charge on any atom is -0.349 e. The molecule has 0 spiro atoms. The molecule has 1 N–H and O–H groups in total. The van der Waals surface area contributed by atoms with E-state index in [9.17, 15) is 4.79 Å². The summed E-state index contributed by atoms with van der Waals surface area (Å²) >= 11 is 9.09. The van der Waals surface area contributed by atoms with Crippen molar-refractivity contribution in [3.63, 3.8) is 0 Å². The van der Waals surface area contributed by atoms with E-state index >= 15 is 0 Å². The van der Waals surface area contributed by atoms with Crippen LogP contribution in [0.15, 0.2) is 22.7 Å². The number of benzene rings is 1. The van der Waals surface area contributed by atoms with E-state index in [1.54, 1.807) is 0 Å². The number of halogens is 2.